The molecule has 44 heavy (non-hydrogen) atoms. The Kier molecular flexibility index (Phi) is 4.73. The Labute approximate surface area is 258 Å². The number of ether oxygens (including phenoxy) is 3. The molecule has 6 atom stereocenters. The van der Waals surface area contributed by atoms with E-state index >= 15 is 0 Å². The van der Waals surface area contributed by atoms with Gasteiger partial charge in [-0.05, 0) is 108 Å². The summed E-state index contributed by atoms with van der Waals surface area (Å²) in [6, 6.07) is 4.32. The van der Waals surface area contributed by atoms with Crippen molar-refractivity contribution in [3.05, 3.63) is 51.7 Å². The van der Waals surface area contributed by atoms with Crippen molar-refractivity contribution in [3.8, 4) is 0 Å². The lowest BCUT2D eigenvalue weighted by Gasteiger charge is -2.65. The molecule has 7 aliphatic rings. The second-order valence-electron chi connectivity index (χ2n) is 16.9. The highest BCUT2D eigenvalue weighted by Gasteiger charge is 2.75. The second-order valence-corrected chi connectivity index (χ2v) is 16.9. The molecule has 2 N–H and O–H groups in total. The Hall–Kier alpha value is -2.58. The summed E-state index contributed by atoms with van der Waals surface area (Å²) in [5.74, 6) is -0.766. The van der Waals surface area contributed by atoms with E-state index in [0.29, 0.717) is 37.2 Å². The number of aromatic amines is 1. The summed E-state index contributed by atoms with van der Waals surface area (Å²) < 4.78 is 19.4. The summed E-state index contributed by atoms with van der Waals surface area (Å²) in [6.07, 6.45) is 5.28. The first-order valence-electron chi connectivity index (χ1n) is 16.4. The lowest BCUT2D eigenvalue weighted by molar-refractivity contribution is -0.247. The normalized spacial score (nSPS) is 42.0. The van der Waals surface area contributed by atoms with Gasteiger partial charge < -0.3 is 24.3 Å². The average Bonchev–Trinajstić information content (AvgIpc) is 3.57. The first kappa shape index (κ1) is 27.7. The van der Waals surface area contributed by atoms with Gasteiger partial charge in [0.05, 0.1) is 16.8 Å². The van der Waals surface area contributed by atoms with Gasteiger partial charge in [-0.2, -0.15) is 0 Å². The van der Waals surface area contributed by atoms with Crippen LogP contribution < -0.4 is 0 Å². The largest absolute Gasteiger partial charge is 0.385 e. The van der Waals surface area contributed by atoms with Crippen LogP contribution in [0.1, 0.15) is 115 Å². The molecule has 0 amide bonds. The molecule has 1 aromatic carbocycles. The first-order chi connectivity index (χ1) is 20.4. The molecule has 0 radical (unpaired) electrons. The van der Waals surface area contributed by atoms with Crippen molar-refractivity contribution in [2.45, 2.75) is 134 Å². The smallest absolute Gasteiger partial charge is 0.195 e. The number of fused-ring (bicyclic) bond motifs is 11. The highest BCUT2D eigenvalue weighted by Crippen LogP contribution is 2.72. The fraction of sp³-hybridized carbons (Fsp3) is 0.622. The van der Waals surface area contributed by atoms with Crippen LogP contribution in [0.5, 0.6) is 0 Å². The third-order valence-electron chi connectivity index (χ3n) is 13.3. The predicted molar refractivity (Wildman–Crippen MR) is 165 cm³/mol. The van der Waals surface area contributed by atoms with Crippen LogP contribution in [0.3, 0.4) is 0 Å². The Bertz CT molecular complexity index is 1840. The minimum absolute atomic E-state index is 0.0829. The zero-order chi connectivity index (χ0) is 31.2. The molecular formula is C37H43NO6. The maximum Gasteiger partial charge on any atom is 0.195 e. The van der Waals surface area contributed by atoms with E-state index < -0.39 is 34.1 Å². The third-order valence-corrected chi connectivity index (χ3v) is 13.3. The van der Waals surface area contributed by atoms with Crippen molar-refractivity contribution in [2.24, 2.45) is 11.3 Å². The Balaban J connectivity index is 1.19. The van der Waals surface area contributed by atoms with Crippen LogP contribution in [-0.2, 0) is 30.8 Å². The second kappa shape index (κ2) is 7.52. The zero-order valence-electron chi connectivity index (χ0n) is 27.1. The highest BCUT2D eigenvalue weighted by molar-refractivity contribution is 6.23. The Morgan fingerprint density at radius 2 is 1.68 bits per heavy atom. The van der Waals surface area contributed by atoms with Gasteiger partial charge in [-0.3, -0.25) is 9.59 Å². The number of carbonyl (C=O) groups excluding carboxylic acids is 2. The van der Waals surface area contributed by atoms with Gasteiger partial charge in [0.15, 0.2) is 23.5 Å². The topological polar surface area (TPSA) is 97.9 Å². The molecular weight excluding hydrogens is 554 g/mol. The lowest BCUT2D eigenvalue weighted by atomic mass is 9.42. The number of rotatable bonds is 0. The number of H-pyrrole nitrogens is 1. The number of Topliss-reactive ketones (excluding diaryl/α,β-unsaturated/α-hetero) is 1. The number of hydrogen-bond donors (Lipinski definition) is 2. The number of nitrogens with one attached hydrogen (secondary N) is 1. The molecule has 3 aliphatic heterocycles. The highest BCUT2D eigenvalue weighted by atomic mass is 16.8. The van der Waals surface area contributed by atoms with Gasteiger partial charge >= 0.3 is 0 Å². The monoisotopic (exact) mass is 597 g/mol. The van der Waals surface area contributed by atoms with Crippen LogP contribution in [0.15, 0.2) is 29.4 Å². The third kappa shape index (κ3) is 2.87. The maximum absolute atomic E-state index is 13.9. The SMILES string of the molecule is CC1(C)CC2=C(C(=O)c3cc4c5c([nH]c4cc32)[C@@]2(C)[C@@H](CC[C@@]3(O)C4=CC(=O)[C@@H]6O[C@@]4(CC[C@@]32C)OC6(C)C)C5)C(C)(C)O1. The molecule has 4 heterocycles. The fourth-order valence-electron chi connectivity index (χ4n) is 11.4. The van der Waals surface area contributed by atoms with E-state index in [2.05, 4.69) is 44.8 Å². The van der Waals surface area contributed by atoms with E-state index in [-0.39, 0.29) is 22.6 Å². The number of benzene rings is 1. The molecule has 3 fully saturated rings. The number of carbonyl (C=O) groups is 2. The Morgan fingerprint density at radius 1 is 0.932 bits per heavy atom. The van der Waals surface area contributed by atoms with E-state index in [1.54, 1.807) is 6.08 Å². The zero-order valence-corrected chi connectivity index (χ0v) is 27.1. The summed E-state index contributed by atoms with van der Waals surface area (Å²) in [6.45, 7) is 16.6. The quantitative estimate of drug-likeness (QED) is 0.373. The summed E-state index contributed by atoms with van der Waals surface area (Å²) >= 11 is 0. The molecule has 2 saturated carbocycles. The minimum Gasteiger partial charge on any atom is -0.385 e. The molecule has 7 heteroatoms. The number of aliphatic hydroxyl groups is 1. The van der Waals surface area contributed by atoms with Gasteiger partial charge in [-0.1, -0.05) is 13.8 Å². The number of hydrogen-bond acceptors (Lipinski definition) is 6. The lowest BCUT2D eigenvalue weighted by Crippen LogP contribution is -2.69. The fourth-order valence-corrected chi connectivity index (χ4v) is 11.4. The van der Waals surface area contributed by atoms with Crippen molar-refractivity contribution < 1.29 is 28.9 Å². The van der Waals surface area contributed by atoms with Crippen LogP contribution in [0.2, 0.25) is 0 Å². The van der Waals surface area contributed by atoms with E-state index in [0.717, 1.165) is 46.0 Å². The van der Waals surface area contributed by atoms with Crippen LogP contribution >= 0.6 is 0 Å². The molecule has 0 unspecified atom stereocenters. The maximum atomic E-state index is 13.9. The van der Waals surface area contributed by atoms with Gasteiger partial charge in [0.1, 0.15) is 5.60 Å². The van der Waals surface area contributed by atoms with Crippen molar-refractivity contribution in [1.29, 1.82) is 0 Å². The summed E-state index contributed by atoms with van der Waals surface area (Å²) in [5.41, 5.74) is 3.81. The average molecular weight is 598 g/mol. The van der Waals surface area contributed by atoms with E-state index in [1.807, 2.05) is 27.7 Å². The molecule has 1 aromatic heterocycles. The minimum atomic E-state index is -1.26. The van der Waals surface area contributed by atoms with Gasteiger partial charge in [0.2, 0.25) is 0 Å². The van der Waals surface area contributed by atoms with Crippen LogP contribution in [-0.4, -0.2) is 56.0 Å². The predicted octanol–water partition coefficient (Wildman–Crippen LogP) is 6.25. The molecule has 232 valence electrons. The van der Waals surface area contributed by atoms with Gasteiger partial charge in [-0.15, -0.1) is 0 Å². The molecule has 7 nitrogen and oxygen atoms in total. The van der Waals surface area contributed by atoms with Crippen LogP contribution in [0.4, 0.5) is 0 Å². The van der Waals surface area contributed by atoms with Crippen molar-refractivity contribution >= 4 is 28.0 Å². The number of aromatic nitrogens is 1. The van der Waals surface area contributed by atoms with Crippen molar-refractivity contribution in [1.82, 2.24) is 4.98 Å². The first-order valence-corrected chi connectivity index (χ1v) is 16.4. The van der Waals surface area contributed by atoms with E-state index in [1.165, 1.54) is 11.3 Å². The summed E-state index contributed by atoms with van der Waals surface area (Å²) in [5, 5.41) is 14.0. The molecule has 9 rings (SSSR count). The van der Waals surface area contributed by atoms with E-state index in [9.17, 15) is 14.7 Å². The standard InChI is InChI=1S/C37H43NO6/c1-31(2)17-23-19-15-24-20(14-21(19)28(40)27(23)32(3,4)43-31)22-13-18-9-10-36(41)26-16-25(39)30-33(5,6)44-37(26,42-30)12-11-34(36,7)35(18,8)29(22)38-24/h14-16,18,30,38,41H,9-13,17H2,1-8H3/t18-,30-,34+,35+,36+,37-/m0/s1. The van der Waals surface area contributed by atoms with Crippen LogP contribution in [0.25, 0.3) is 16.5 Å². The van der Waals surface area contributed by atoms with Gasteiger partial charge in [-0.25, -0.2) is 0 Å². The van der Waals surface area contributed by atoms with Gasteiger partial charge in [0.25, 0.3) is 0 Å². The Morgan fingerprint density at radius 3 is 2.43 bits per heavy atom. The summed E-state index contributed by atoms with van der Waals surface area (Å²) in [4.78, 5) is 31.2. The van der Waals surface area contributed by atoms with Crippen molar-refractivity contribution in [3.63, 3.8) is 0 Å². The van der Waals surface area contributed by atoms with Crippen LogP contribution in [0, 0.1) is 11.3 Å². The molecule has 2 aromatic rings. The number of ketones is 2. The van der Waals surface area contributed by atoms with Gasteiger partial charge in [0, 0.05) is 57.0 Å². The molecule has 1 saturated heterocycles. The van der Waals surface area contributed by atoms with E-state index in [4.69, 9.17) is 14.2 Å². The molecule has 1 spiro atoms. The summed E-state index contributed by atoms with van der Waals surface area (Å²) in [7, 11) is 0. The van der Waals surface area contributed by atoms with Crippen molar-refractivity contribution in [2.75, 3.05) is 0 Å². The molecule has 2 bridgehead atoms. The molecule has 4 aliphatic carbocycles.